The largest absolute Gasteiger partial charge is 0.465 e. The molecule has 0 unspecified atom stereocenters. The molecule has 1 heterocycles. The van der Waals surface area contributed by atoms with Crippen molar-refractivity contribution < 1.29 is 4.74 Å². The quantitative estimate of drug-likeness (QED) is 0.564. The van der Waals surface area contributed by atoms with E-state index in [4.69, 9.17) is 4.74 Å². The third-order valence-corrected chi connectivity index (χ3v) is 1.30. The summed E-state index contributed by atoms with van der Waals surface area (Å²) in [4.78, 5) is 0. The first kappa shape index (κ1) is 8.60. The van der Waals surface area contributed by atoms with Crippen molar-refractivity contribution >= 4 is 0 Å². The van der Waals surface area contributed by atoms with E-state index in [1.807, 2.05) is 43.4 Å². The Morgan fingerprint density at radius 1 is 1.42 bits per heavy atom. The van der Waals surface area contributed by atoms with Crippen molar-refractivity contribution in [1.29, 1.82) is 0 Å². The lowest BCUT2D eigenvalue weighted by atomic mass is 10.3. The Hall–Kier alpha value is -1.50. The fourth-order valence-electron chi connectivity index (χ4n) is 0.736. The van der Waals surface area contributed by atoms with Crippen molar-refractivity contribution in [1.82, 2.24) is 0 Å². The predicted molar refractivity (Wildman–Crippen MR) is 51.4 cm³/mol. The molecule has 0 N–H and O–H groups in total. The van der Waals surface area contributed by atoms with E-state index in [9.17, 15) is 0 Å². The van der Waals surface area contributed by atoms with E-state index in [0.29, 0.717) is 0 Å². The zero-order valence-corrected chi connectivity index (χ0v) is 7.16. The number of allylic oxidation sites excluding steroid dienone is 7. The first-order chi connectivity index (χ1) is 5.79. The van der Waals surface area contributed by atoms with Crippen LogP contribution in [0, 0.1) is 0 Å². The van der Waals surface area contributed by atoms with Crippen molar-refractivity contribution in [2.75, 3.05) is 0 Å². The van der Waals surface area contributed by atoms with E-state index in [-0.39, 0.29) is 0 Å². The molecule has 0 saturated heterocycles. The molecule has 0 saturated carbocycles. The minimum absolute atomic E-state index is 0.822. The topological polar surface area (TPSA) is 9.23 Å². The lowest BCUT2D eigenvalue weighted by Crippen LogP contribution is -1.78. The first-order valence-corrected chi connectivity index (χ1v) is 3.83. The molecule has 1 aliphatic rings. The lowest BCUT2D eigenvalue weighted by Gasteiger charge is -1.97. The predicted octanol–water partition coefficient (Wildman–Crippen LogP) is 3.10. The van der Waals surface area contributed by atoms with E-state index < -0.39 is 0 Å². The number of ether oxygens (including phenoxy) is 1. The van der Waals surface area contributed by atoms with Gasteiger partial charge >= 0.3 is 0 Å². The lowest BCUT2D eigenvalue weighted by molar-refractivity contribution is 0.369. The molecule has 1 rings (SSSR count). The Balaban J connectivity index is 2.63. The third-order valence-electron chi connectivity index (χ3n) is 1.30. The number of hydrogen-bond donors (Lipinski definition) is 0. The van der Waals surface area contributed by atoms with Crippen LogP contribution in [0.3, 0.4) is 0 Å². The molecular weight excluding hydrogens is 148 g/mol. The van der Waals surface area contributed by atoms with Crippen molar-refractivity contribution in [3.63, 3.8) is 0 Å². The van der Waals surface area contributed by atoms with Crippen molar-refractivity contribution in [2.45, 2.75) is 6.92 Å². The molecule has 0 radical (unpaired) electrons. The van der Waals surface area contributed by atoms with Gasteiger partial charge in [0.05, 0.1) is 6.26 Å². The smallest absolute Gasteiger partial charge is 0.126 e. The Morgan fingerprint density at radius 3 is 3.00 bits per heavy atom. The summed E-state index contributed by atoms with van der Waals surface area (Å²) >= 11 is 0. The van der Waals surface area contributed by atoms with Gasteiger partial charge in [0.15, 0.2) is 0 Å². The van der Waals surface area contributed by atoms with Crippen LogP contribution < -0.4 is 0 Å². The highest BCUT2D eigenvalue weighted by molar-refractivity contribution is 5.27. The summed E-state index contributed by atoms with van der Waals surface area (Å²) in [6.07, 6.45) is 13.1. The SMILES string of the molecule is C=C(C)/C=C/C1=CC=CC=CO1. The van der Waals surface area contributed by atoms with Crippen LogP contribution in [0.4, 0.5) is 0 Å². The van der Waals surface area contributed by atoms with Gasteiger partial charge in [-0.15, -0.1) is 0 Å². The van der Waals surface area contributed by atoms with Crippen molar-refractivity contribution in [3.8, 4) is 0 Å². The van der Waals surface area contributed by atoms with Gasteiger partial charge in [0.2, 0.25) is 0 Å². The maximum absolute atomic E-state index is 5.24. The van der Waals surface area contributed by atoms with Gasteiger partial charge in [-0.1, -0.05) is 30.4 Å². The van der Waals surface area contributed by atoms with Gasteiger partial charge in [0.1, 0.15) is 5.76 Å². The minimum atomic E-state index is 0.822. The van der Waals surface area contributed by atoms with Gasteiger partial charge in [0.25, 0.3) is 0 Å². The minimum Gasteiger partial charge on any atom is -0.465 e. The number of rotatable bonds is 2. The summed E-state index contributed by atoms with van der Waals surface area (Å²) in [7, 11) is 0. The molecule has 0 aliphatic carbocycles. The highest BCUT2D eigenvalue weighted by Crippen LogP contribution is 2.05. The zero-order valence-electron chi connectivity index (χ0n) is 7.16. The van der Waals surface area contributed by atoms with E-state index in [1.165, 1.54) is 0 Å². The fourth-order valence-corrected chi connectivity index (χ4v) is 0.736. The van der Waals surface area contributed by atoms with Gasteiger partial charge in [-0.2, -0.15) is 0 Å². The Kier molecular flexibility index (Phi) is 3.15. The molecule has 1 nitrogen and oxygen atoms in total. The molecule has 12 heavy (non-hydrogen) atoms. The van der Waals surface area contributed by atoms with Gasteiger partial charge in [-0.05, 0) is 25.2 Å². The molecule has 1 heteroatoms. The highest BCUT2D eigenvalue weighted by atomic mass is 16.5. The van der Waals surface area contributed by atoms with E-state index in [0.717, 1.165) is 11.3 Å². The fraction of sp³-hybridized carbons (Fsp3) is 0.0909. The van der Waals surface area contributed by atoms with Crippen LogP contribution in [-0.2, 0) is 4.74 Å². The summed E-state index contributed by atoms with van der Waals surface area (Å²) < 4.78 is 5.24. The van der Waals surface area contributed by atoms with Crippen LogP contribution in [0.25, 0.3) is 0 Å². The Morgan fingerprint density at radius 2 is 2.25 bits per heavy atom. The van der Waals surface area contributed by atoms with Gasteiger partial charge in [-0.3, -0.25) is 0 Å². The molecule has 0 aromatic rings. The van der Waals surface area contributed by atoms with Crippen LogP contribution in [-0.4, -0.2) is 0 Å². The maximum atomic E-state index is 5.24. The number of hydrogen-bond acceptors (Lipinski definition) is 1. The van der Waals surface area contributed by atoms with Crippen LogP contribution in [0.5, 0.6) is 0 Å². The van der Waals surface area contributed by atoms with E-state index >= 15 is 0 Å². The first-order valence-electron chi connectivity index (χ1n) is 3.83. The van der Waals surface area contributed by atoms with Gasteiger partial charge < -0.3 is 4.74 Å². The summed E-state index contributed by atoms with van der Waals surface area (Å²) in [5.41, 5.74) is 1.01. The molecule has 0 amide bonds. The summed E-state index contributed by atoms with van der Waals surface area (Å²) in [5, 5.41) is 0. The zero-order chi connectivity index (χ0) is 8.81. The van der Waals surface area contributed by atoms with Crippen LogP contribution >= 0.6 is 0 Å². The molecule has 0 atom stereocenters. The maximum Gasteiger partial charge on any atom is 0.126 e. The molecule has 0 aromatic carbocycles. The third kappa shape index (κ3) is 3.06. The summed E-state index contributed by atoms with van der Waals surface area (Å²) in [6.45, 7) is 5.70. The average molecular weight is 160 g/mol. The molecule has 0 spiro atoms. The molecule has 0 bridgehead atoms. The Labute approximate surface area is 73.0 Å². The van der Waals surface area contributed by atoms with Gasteiger partial charge in [-0.25, -0.2) is 0 Å². The van der Waals surface area contributed by atoms with E-state index in [1.54, 1.807) is 6.26 Å². The van der Waals surface area contributed by atoms with Crippen LogP contribution in [0.2, 0.25) is 0 Å². The molecule has 1 aliphatic heterocycles. The van der Waals surface area contributed by atoms with Gasteiger partial charge in [0, 0.05) is 0 Å². The van der Waals surface area contributed by atoms with Crippen molar-refractivity contribution in [3.05, 3.63) is 60.6 Å². The molecule has 62 valence electrons. The molecule has 0 aromatic heterocycles. The molecule has 0 fully saturated rings. The van der Waals surface area contributed by atoms with Crippen molar-refractivity contribution in [2.24, 2.45) is 0 Å². The second-order valence-corrected chi connectivity index (χ2v) is 2.58. The van der Waals surface area contributed by atoms with E-state index in [2.05, 4.69) is 6.58 Å². The second kappa shape index (κ2) is 4.39. The summed E-state index contributed by atoms with van der Waals surface area (Å²) in [6, 6.07) is 0. The Bertz CT molecular complexity index is 277. The summed E-state index contributed by atoms with van der Waals surface area (Å²) in [5.74, 6) is 0.822. The standard InChI is InChI=1S/C11H12O/c1-10(2)7-8-11-6-4-3-5-9-12-11/h3-9H,1H2,2H3/b8-7+. The molecular formula is C11H12O. The van der Waals surface area contributed by atoms with Crippen LogP contribution in [0.1, 0.15) is 6.92 Å². The highest BCUT2D eigenvalue weighted by Gasteiger charge is 1.89. The second-order valence-electron chi connectivity index (χ2n) is 2.58. The average Bonchev–Trinajstić information content (AvgIpc) is 2.28. The van der Waals surface area contributed by atoms with Crippen LogP contribution in [0.15, 0.2) is 60.6 Å². The normalized spacial score (nSPS) is 15.6. The monoisotopic (exact) mass is 160 g/mol.